The molecule has 4 rings (SSSR count). The maximum Gasteiger partial charge on any atom is 0.349 e. The van der Waals surface area contributed by atoms with Crippen molar-refractivity contribution in [1.29, 1.82) is 0 Å². The minimum Gasteiger partial charge on any atom is -0.482 e. The topological polar surface area (TPSA) is 64.6 Å². The summed E-state index contributed by atoms with van der Waals surface area (Å²) in [5, 5.41) is 2.81. The summed E-state index contributed by atoms with van der Waals surface area (Å²) < 4.78 is 10.9. The molecule has 0 spiro atoms. The lowest BCUT2D eigenvalue weighted by atomic mass is 10.1. The van der Waals surface area contributed by atoms with Gasteiger partial charge in [0, 0.05) is 17.3 Å². The van der Waals surface area contributed by atoms with Crippen LogP contribution < -0.4 is 14.8 Å². The maximum atomic E-state index is 12.3. The number of anilines is 1. The van der Waals surface area contributed by atoms with Crippen LogP contribution in [0.2, 0.25) is 0 Å². The highest BCUT2D eigenvalue weighted by Gasteiger charge is 2.09. The molecule has 0 radical (unpaired) electrons. The molecule has 0 fully saturated rings. The zero-order valence-electron chi connectivity index (χ0n) is 17.2. The Morgan fingerprint density at radius 3 is 2.03 bits per heavy atom. The minimum absolute atomic E-state index is 0.221. The van der Waals surface area contributed by atoms with Gasteiger partial charge in [0.1, 0.15) is 11.5 Å². The van der Waals surface area contributed by atoms with Crippen LogP contribution in [-0.4, -0.2) is 18.5 Å². The van der Waals surface area contributed by atoms with Crippen molar-refractivity contribution in [2.24, 2.45) is 0 Å². The van der Waals surface area contributed by atoms with Crippen LogP contribution in [0.15, 0.2) is 109 Å². The van der Waals surface area contributed by atoms with Gasteiger partial charge in [-0.3, -0.25) is 4.79 Å². The maximum absolute atomic E-state index is 12.3. The van der Waals surface area contributed by atoms with E-state index < -0.39 is 5.97 Å². The van der Waals surface area contributed by atoms with Gasteiger partial charge in [0.25, 0.3) is 5.91 Å². The highest BCUT2D eigenvalue weighted by molar-refractivity contribution is 6.04. The molecule has 1 N–H and O–H groups in total. The summed E-state index contributed by atoms with van der Waals surface area (Å²) in [6.07, 6.45) is 0. The third kappa shape index (κ3) is 5.61. The summed E-state index contributed by atoms with van der Waals surface area (Å²) in [6.45, 7) is -0.253. The van der Waals surface area contributed by atoms with Crippen LogP contribution in [0.3, 0.4) is 0 Å². The van der Waals surface area contributed by atoms with Gasteiger partial charge in [0.05, 0.1) is 0 Å². The SMILES string of the molecule is O=C(COc1cccc(NC(=O)c2ccccc2)c1)Oc1ccc(-c2ccccc2)cc1. The second-order valence-electron chi connectivity index (χ2n) is 7.00. The van der Waals surface area contributed by atoms with Crippen molar-refractivity contribution in [1.82, 2.24) is 0 Å². The molecule has 5 heteroatoms. The van der Waals surface area contributed by atoms with Crippen LogP contribution in [0.5, 0.6) is 11.5 Å². The summed E-state index contributed by atoms with van der Waals surface area (Å²) >= 11 is 0. The van der Waals surface area contributed by atoms with E-state index in [9.17, 15) is 9.59 Å². The molecule has 0 aliphatic heterocycles. The molecule has 0 bridgehead atoms. The van der Waals surface area contributed by atoms with Crippen molar-refractivity contribution < 1.29 is 19.1 Å². The number of rotatable bonds is 7. The van der Waals surface area contributed by atoms with E-state index in [2.05, 4.69) is 5.32 Å². The van der Waals surface area contributed by atoms with Crippen LogP contribution >= 0.6 is 0 Å². The molecule has 0 heterocycles. The Kier molecular flexibility index (Phi) is 6.58. The van der Waals surface area contributed by atoms with E-state index in [1.807, 2.05) is 48.5 Å². The predicted octanol–water partition coefficient (Wildman–Crippen LogP) is 5.59. The van der Waals surface area contributed by atoms with Crippen LogP contribution in [-0.2, 0) is 4.79 Å². The molecule has 0 saturated carbocycles. The van der Waals surface area contributed by atoms with Crippen molar-refractivity contribution >= 4 is 17.6 Å². The number of benzene rings is 4. The fourth-order valence-electron chi connectivity index (χ4n) is 3.11. The summed E-state index contributed by atoms with van der Waals surface area (Å²) in [5.74, 6) is 0.159. The second kappa shape index (κ2) is 10.1. The van der Waals surface area contributed by atoms with Gasteiger partial charge in [0.2, 0.25) is 0 Å². The third-order valence-corrected chi connectivity index (χ3v) is 4.68. The van der Waals surface area contributed by atoms with Crippen molar-refractivity contribution in [2.75, 3.05) is 11.9 Å². The molecule has 0 aromatic heterocycles. The van der Waals surface area contributed by atoms with Gasteiger partial charge in [-0.1, -0.05) is 66.7 Å². The van der Waals surface area contributed by atoms with Gasteiger partial charge >= 0.3 is 5.97 Å². The summed E-state index contributed by atoms with van der Waals surface area (Å²) in [7, 11) is 0. The number of esters is 1. The average Bonchev–Trinajstić information content (AvgIpc) is 2.84. The van der Waals surface area contributed by atoms with Crippen molar-refractivity contribution in [2.45, 2.75) is 0 Å². The van der Waals surface area contributed by atoms with Gasteiger partial charge in [-0.15, -0.1) is 0 Å². The highest BCUT2D eigenvalue weighted by Crippen LogP contribution is 2.22. The smallest absolute Gasteiger partial charge is 0.349 e. The quantitative estimate of drug-likeness (QED) is 0.311. The zero-order chi connectivity index (χ0) is 22.2. The molecule has 1 amide bonds. The van der Waals surface area contributed by atoms with Gasteiger partial charge < -0.3 is 14.8 Å². The molecule has 4 aromatic rings. The number of hydrogen-bond donors (Lipinski definition) is 1. The molecule has 4 aromatic carbocycles. The fraction of sp³-hybridized carbons (Fsp3) is 0.0370. The number of ether oxygens (including phenoxy) is 2. The first-order chi connectivity index (χ1) is 15.7. The van der Waals surface area contributed by atoms with Crippen molar-refractivity contribution in [3.63, 3.8) is 0 Å². The summed E-state index contributed by atoms with van der Waals surface area (Å²) in [5.41, 5.74) is 3.26. The van der Waals surface area contributed by atoms with E-state index in [0.717, 1.165) is 11.1 Å². The first-order valence-electron chi connectivity index (χ1n) is 10.1. The van der Waals surface area contributed by atoms with Gasteiger partial charge in [-0.25, -0.2) is 4.79 Å². The lowest BCUT2D eigenvalue weighted by Gasteiger charge is -2.10. The normalized spacial score (nSPS) is 10.2. The molecular formula is C27H21NO4. The average molecular weight is 423 g/mol. The largest absolute Gasteiger partial charge is 0.482 e. The molecule has 0 aliphatic carbocycles. The Hall–Kier alpha value is -4.38. The molecule has 32 heavy (non-hydrogen) atoms. The predicted molar refractivity (Wildman–Crippen MR) is 124 cm³/mol. The summed E-state index contributed by atoms with van der Waals surface area (Å²) in [4.78, 5) is 24.5. The van der Waals surface area contributed by atoms with Gasteiger partial charge in [-0.2, -0.15) is 0 Å². The fourth-order valence-corrected chi connectivity index (χ4v) is 3.11. The molecule has 0 aliphatic rings. The van der Waals surface area contributed by atoms with Gasteiger partial charge in [0.15, 0.2) is 6.61 Å². The lowest BCUT2D eigenvalue weighted by molar-refractivity contribution is -0.136. The lowest BCUT2D eigenvalue weighted by Crippen LogP contribution is -2.17. The second-order valence-corrected chi connectivity index (χ2v) is 7.00. The first-order valence-corrected chi connectivity index (χ1v) is 10.1. The van der Waals surface area contributed by atoms with Crippen LogP contribution in [0, 0.1) is 0 Å². The third-order valence-electron chi connectivity index (χ3n) is 4.68. The summed E-state index contributed by atoms with van der Waals surface area (Å²) in [6, 6.07) is 33.0. The Morgan fingerprint density at radius 1 is 0.656 bits per heavy atom. The number of hydrogen-bond acceptors (Lipinski definition) is 4. The number of nitrogens with one attached hydrogen (secondary N) is 1. The Labute approximate surface area is 186 Å². The van der Waals surface area contributed by atoms with E-state index in [-0.39, 0.29) is 12.5 Å². The van der Waals surface area contributed by atoms with E-state index in [4.69, 9.17) is 9.47 Å². The molecule has 0 unspecified atom stereocenters. The molecule has 0 saturated heterocycles. The van der Waals surface area contributed by atoms with Crippen molar-refractivity contribution in [3.8, 4) is 22.6 Å². The van der Waals surface area contributed by atoms with Crippen LogP contribution in [0.25, 0.3) is 11.1 Å². The van der Waals surface area contributed by atoms with E-state index in [1.54, 1.807) is 60.7 Å². The van der Waals surface area contributed by atoms with Crippen molar-refractivity contribution in [3.05, 3.63) is 115 Å². The Bertz CT molecular complexity index is 1190. The monoisotopic (exact) mass is 423 g/mol. The highest BCUT2D eigenvalue weighted by atomic mass is 16.6. The Morgan fingerprint density at radius 2 is 1.31 bits per heavy atom. The van der Waals surface area contributed by atoms with E-state index in [0.29, 0.717) is 22.7 Å². The van der Waals surface area contributed by atoms with Crippen LogP contribution in [0.1, 0.15) is 10.4 Å². The van der Waals surface area contributed by atoms with Gasteiger partial charge in [-0.05, 0) is 47.5 Å². The first kappa shape index (κ1) is 20.9. The number of carbonyl (C=O) groups is 2. The molecule has 5 nitrogen and oxygen atoms in total. The molecular weight excluding hydrogens is 402 g/mol. The van der Waals surface area contributed by atoms with E-state index >= 15 is 0 Å². The molecule has 0 atom stereocenters. The Balaban J connectivity index is 1.30. The molecule has 158 valence electrons. The number of amides is 1. The zero-order valence-corrected chi connectivity index (χ0v) is 17.2. The standard InChI is InChI=1S/C27H21NO4/c29-26(32-24-16-14-21(15-17-24)20-8-3-1-4-9-20)19-31-25-13-7-12-23(18-25)28-27(30)22-10-5-2-6-11-22/h1-18H,19H2,(H,28,30). The van der Waals surface area contributed by atoms with E-state index in [1.165, 1.54) is 0 Å². The van der Waals surface area contributed by atoms with Crippen LogP contribution in [0.4, 0.5) is 5.69 Å². The minimum atomic E-state index is -0.517. The number of carbonyl (C=O) groups excluding carboxylic acids is 2.